The Balaban J connectivity index is 1.76. The van der Waals surface area contributed by atoms with E-state index in [1.54, 1.807) is 24.4 Å². The molecule has 0 unspecified atom stereocenters. The molecule has 3 aromatic rings. The Morgan fingerprint density at radius 3 is 2.76 bits per heavy atom. The van der Waals surface area contributed by atoms with Gasteiger partial charge in [0, 0.05) is 35.8 Å². The number of hydrogen-bond donors (Lipinski definition) is 4. The number of amides is 1. The second-order valence-corrected chi connectivity index (χ2v) is 7.94. The number of ether oxygens (including phenoxy) is 2. The van der Waals surface area contributed by atoms with Crippen molar-refractivity contribution in [2.75, 3.05) is 31.3 Å². The monoisotopic (exact) mass is 470 g/mol. The second-order valence-electron chi connectivity index (χ2n) is 7.56. The maximum atomic E-state index is 12.6. The fraction of sp³-hybridized carbons (Fsp3) is 0.261. The van der Waals surface area contributed by atoms with Crippen LogP contribution in [-0.2, 0) is 0 Å². The number of methoxy groups -OCH3 is 1. The molecule has 2 aromatic carbocycles. The van der Waals surface area contributed by atoms with Crippen LogP contribution < -0.4 is 25.8 Å². The van der Waals surface area contributed by atoms with Gasteiger partial charge in [0.2, 0.25) is 0 Å². The Labute approximate surface area is 194 Å². The SMILES string of the molecule is COc1cc2nccc(Oc3cc(C=O)c(NC4CC4)c(Cl)c3N)c2cc1C(=O)NCCO. The first-order chi connectivity index (χ1) is 16.0. The molecule has 9 nitrogen and oxygen atoms in total. The number of fused-ring (bicyclic) bond motifs is 1. The number of nitrogens with zero attached hydrogens (tertiary/aromatic N) is 1. The zero-order chi connectivity index (χ0) is 23.5. The lowest BCUT2D eigenvalue weighted by Gasteiger charge is -2.17. The van der Waals surface area contributed by atoms with Crippen molar-refractivity contribution in [3.8, 4) is 17.2 Å². The fourth-order valence-electron chi connectivity index (χ4n) is 3.38. The summed E-state index contributed by atoms with van der Waals surface area (Å²) < 4.78 is 11.4. The number of anilines is 2. The molecule has 0 bridgehead atoms. The van der Waals surface area contributed by atoms with Crippen molar-refractivity contribution in [3.05, 3.63) is 46.6 Å². The lowest BCUT2D eigenvalue weighted by Crippen LogP contribution is -2.26. The molecule has 1 fully saturated rings. The lowest BCUT2D eigenvalue weighted by atomic mass is 10.1. The number of aldehydes is 1. The molecule has 172 valence electrons. The highest BCUT2D eigenvalue weighted by molar-refractivity contribution is 6.36. The van der Waals surface area contributed by atoms with Gasteiger partial charge in [0.15, 0.2) is 12.0 Å². The number of aliphatic hydroxyl groups is 1. The average Bonchev–Trinajstić information content (AvgIpc) is 3.65. The van der Waals surface area contributed by atoms with Crippen molar-refractivity contribution in [1.82, 2.24) is 10.3 Å². The van der Waals surface area contributed by atoms with Crippen molar-refractivity contribution in [1.29, 1.82) is 0 Å². The third-order valence-electron chi connectivity index (χ3n) is 5.23. The third kappa shape index (κ3) is 4.64. The summed E-state index contributed by atoms with van der Waals surface area (Å²) in [6.07, 6.45) is 4.26. The Hall–Kier alpha value is -3.56. The number of aromatic nitrogens is 1. The van der Waals surface area contributed by atoms with Crippen molar-refractivity contribution in [2.45, 2.75) is 18.9 Å². The highest BCUT2D eigenvalue weighted by Crippen LogP contribution is 2.43. The summed E-state index contributed by atoms with van der Waals surface area (Å²) in [6, 6.07) is 6.64. The van der Waals surface area contributed by atoms with Crippen molar-refractivity contribution in [3.63, 3.8) is 0 Å². The average molecular weight is 471 g/mol. The van der Waals surface area contributed by atoms with Gasteiger partial charge in [0.1, 0.15) is 11.5 Å². The van der Waals surface area contributed by atoms with E-state index < -0.39 is 5.91 Å². The molecular weight excluding hydrogens is 448 g/mol. The fourth-order valence-corrected chi connectivity index (χ4v) is 3.64. The number of nitrogens with two attached hydrogens (primary N) is 1. The first-order valence-corrected chi connectivity index (χ1v) is 10.7. The second kappa shape index (κ2) is 9.51. The maximum absolute atomic E-state index is 12.6. The first kappa shape index (κ1) is 22.6. The smallest absolute Gasteiger partial charge is 0.255 e. The summed E-state index contributed by atoms with van der Waals surface area (Å²) in [5.74, 6) is 0.474. The summed E-state index contributed by atoms with van der Waals surface area (Å²) >= 11 is 6.46. The molecule has 0 radical (unpaired) electrons. The topological polar surface area (TPSA) is 136 Å². The molecule has 1 aliphatic carbocycles. The van der Waals surface area contributed by atoms with E-state index in [9.17, 15) is 9.59 Å². The van der Waals surface area contributed by atoms with Gasteiger partial charge in [-0.05, 0) is 31.0 Å². The van der Waals surface area contributed by atoms with Gasteiger partial charge in [-0.25, -0.2) is 0 Å². The van der Waals surface area contributed by atoms with Crippen LogP contribution >= 0.6 is 11.6 Å². The Morgan fingerprint density at radius 2 is 2.09 bits per heavy atom. The van der Waals surface area contributed by atoms with Crippen molar-refractivity contribution >= 4 is 46.1 Å². The van der Waals surface area contributed by atoms with Gasteiger partial charge < -0.3 is 30.9 Å². The zero-order valence-corrected chi connectivity index (χ0v) is 18.6. The van der Waals surface area contributed by atoms with Crippen LogP contribution in [0, 0.1) is 0 Å². The number of nitrogens with one attached hydrogen (secondary N) is 2. The van der Waals surface area contributed by atoms with Gasteiger partial charge in [-0.3, -0.25) is 14.6 Å². The molecule has 1 amide bonds. The van der Waals surface area contributed by atoms with Gasteiger partial charge in [0.25, 0.3) is 5.91 Å². The van der Waals surface area contributed by atoms with Crippen LogP contribution in [0.3, 0.4) is 0 Å². The van der Waals surface area contributed by atoms with E-state index in [0.717, 1.165) is 12.8 Å². The van der Waals surface area contributed by atoms with Crippen LogP contribution in [-0.4, -0.2) is 48.6 Å². The minimum Gasteiger partial charge on any atom is -0.496 e. The molecule has 0 aliphatic heterocycles. The van der Waals surface area contributed by atoms with Crippen LogP contribution in [0.1, 0.15) is 33.6 Å². The van der Waals surface area contributed by atoms with E-state index in [1.165, 1.54) is 13.2 Å². The standard InChI is InChI=1S/C23H23ClN4O5/c1-32-18-10-16-14(9-15(18)23(31)27-6-7-29)17(4-5-26-16)33-19-8-12(11-30)22(20(24)21(19)25)28-13-2-3-13/h4-5,8-11,13,28-29H,2-3,6-7,25H2,1H3,(H,27,31). The number of hydrogen-bond acceptors (Lipinski definition) is 8. The third-order valence-corrected chi connectivity index (χ3v) is 5.63. The number of carbonyl (C=O) groups excluding carboxylic acids is 2. The Kier molecular flexibility index (Phi) is 6.52. The van der Waals surface area contributed by atoms with Crippen molar-refractivity contribution < 1.29 is 24.2 Å². The lowest BCUT2D eigenvalue weighted by molar-refractivity contribution is 0.0941. The number of aliphatic hydroxyl groups excluding tert-OH is 1. The maximum Gasteiger partial charge on any atom is 0.255 e. The Morgan fingerprint density at radius 1 is 1.30 bits per heavy atom. The van der Waals surface area contributed by atoms with E-state index >= 15 is 0 Å². The molecule has 5 N–H and O–H groups in total. The van der Waals surface area contributed by atoms with Crippen molar-refractivity contribution in [2.24, 2.45) is 0 Å². The van der Waals surface area contributed by atoms with E-state index in [1.807, 2.05) is 0 Å². The summed E-state index contributed by atoms with van der Waals surface area (Å²) in [6.45, 7) is -0.0938. The van der Waals surface area contributed by atoms with E-state index in [2.05, 4.69) is 15.6 Å². The quantitative estimate of drug-likeness (QED) is 0.276. The molecule has 1 saturated carbocycles. The summed E-state index contributed by atoms with van der Waals surface area (Å²) in [4.78, 5) is 28.6. The first-order valence-electron chi connectivity index (χ1n) is 10.3. The van der Waals surface area contributed by atoms with Crippen LogP contribution in [0.4, 0.5) is 11.4 Å². The predicted octanol–water partition coefficient (Wildman–Crippen LogP) is 3.38. The van der Waals surface area contributed by atoms with Gasteiger partial charge in [0.05, 0.1) is 41.2 Å². The zero-order valence-electron chi connectivity index (χ0n) is 17.9. The normalized spacial score (nSPS) is 12.9. The number of carbonyl (C=O) groups is 2. The molecule has 0 spiro atoms. The number of pyridine rings is 1. The van der Waals surface area contributed by atoms with Gasteiger partial charge >= 0.3 is 0 Å². The van der Waals surface area contributed by atoms with Gasteiger partial charge in [-0.15, -0.1) is 0 Å². The van der Waals surface area contributed by atoms with Crippen LogP contribution in [0.2, 0.25) is 5.02 Å². The Bertz CT molecular complexity index is 1230. The summed E-state index contributed by atoms with van der Waals surface area (Å²) in [5.41, 5.74) is 8.02. The molecular formula is C23H23ClN4O5. The predicted molar refractivity (Wildman–Crippen MR) is 126 cm³/mol. The highest BCUT2D eigenvalue weighted by atomic mass is 35.5. The number of rotatable bonds is 9. The number of halogens is 1. The molecule has 1 heterocycles. The highest BCUT2D eigenvalue weighted by Gasteiger charge is 2.25. The summed E-state index contributed by atoms with van der Waals surface area (Å²) in [5, 5.41) is 15.6. The van der Waals surface area contributed by atoms with Crippen LogP contribution in [0.25, 0.3) is 10.9 Å². The van der Waals surface area contributed by atoms with Crippen LogP contribution in [0.15, 0.2) is 30.5 Å². The van der Waals surface area contributed by atoms with Crippen LogP contribution in [0.5, 0.6) is 17.2 Å². The minimum atomic E-state index is -0.418. The van der Waals surface area contributed by atoms with E-state index in [0.29, 0.717) is 39.9 Å². The number of nitrogen functional groups attached to an aromatic ring is 1. The van der Waals surface area contributed by atoms with E-state index in [-0.39, 0.29) is 41.2 Å². The molecule has 1 aromatic heterocycles. The van der Waals surface area contributed by atoms with Gasteiger partial charge in [-0.2, -0.15) is 0 Å². The largest absolute Gasteiger partial charge is 0.496 e. The molecule has 33 heavy (non-hydrogen) atoms. The number of benzene rings is 2. The molecule has 4 rings (SSSR count). The van der Waals surface area contributed by atoms with E-state index in [4.69, 9.17) is 31.9 Å². The molecule has 10 heteroatoms. The summed E-state index contributed by atoms with van der Waals surface area (Å²) in [7, 11) is 1.45. The molecule has 0 atom stereocenters. The molecule has 0 saturated heterocycles. The molecule has 1 aliphatic rings. The van der Waals surface area contributed by atoms with Gasteiger partial charge in [-0.1, -0.05) is 11.6 Å². The minimum absolute atomic E-state index is 0.0984.